The molecule has 2 N–H and O–H groups in total. The summed E-state index contributed by atoms with van der Waals surface area (Å²) in [5, 5.41) is 21.2. The number of carbonyl (C=O) groups is 3. The highest BCUT2D eigenvalue weighted by atomic mass is 35.5. The molecule has 57 heavy (non-hydrogen) atoms. The van der Waals surface area contributed by atoms with Crippen LogP contribution in [0, 0.1) is 5.92 Å². The summed E-state index contributed by atoms with van der Waals surface area (Å²) in [6, 6.07) is 0. The van der Waals surface area contributed by atoms with E-state index in [2.05, 4.69) is 13.0 Å². The van der Waals surface area contributed by atoms with Crippen LogP contribution in [0.1, 0.15) is 195 Å². The summed E-state index contributed by atoms with van der Waals surface area (Å²) in [6.07, 6.45) is 25.1. The number of rotatable bonds is 34. The lowest BCUT2D eigenvalue weighted by molar-refractivity contribution is -0.192. The Bertz CT molecular complexity index is 1140. The first kappa shape index (κ1) is 51.4. The van der Waals surface area contributed by atoms with Crippen molar-refractivity contribution in [3.63, 3.8) is 0 Å². The zero-order chi connectivity index (χ0) is 41.9. The van der Waals surface area contributed by atoms with E-state index in [4.69, 9.17) is 35.3 Å². The van der Waals surface area contributed by atoms with Crippen LogP contribution >= 0.6 is 11.6 Å². The van der Waals surface area contributed by atoms with Crippen molar-refractivity contribution in [3.05, 3.63) is 11.6 Å². The third-order valence-corrected chi connectivity index (χ3v) is 12.4. The number of aliphatic hydroxyl groups is 2. The lowest BCUT2D eigenvalue weighted by Gasteiger charge is -2.48. The fraction of sp³-hybridized carbons (Fsp3) is 0.891. The highest BCUT2D eigenvalue weighted by Crippen LogP contribution is 2.55. The molecule has 2 unspecified atom stereocenters. The van der Waals surface area contributed by atoms with Crippen LogP contribution in [-0.2, 0) is 38.1 Å². The van der Waals surface area contributed by atoms with Crippen LogP contribution in [0.25, 0.3) is 0 Å². The molecule has 1 saturated carbocycles. The Morgan fingerprint density at radius 2 is 1.28 bits per heavy atom. The molecule has 11 heteroatoms. The van der Waals surface area contributed by atoms with E-state index in [0.29, 0.717) is 38.5 Å². The maximum Gasteiger partial charge on any atom is 0.306 e. The second-order valence-corrected chi connectivity index (χ2v) is 17.5. The molecular weight excluding hydrogens is 748 g/mol. The van der Waals surface area contributed by atoms with Crippen LogP contribution in [0.15, 0.2) is 11.6 Å². The second-order valence-electron chi connectivity index (χ2n) is 17.2. The van der Waals surface area contributed by atoms with Crippen LogP contribution < -0.4 is 0 Å². The fourth-order valence-corrected chi connectivity index (χ4v) is 8.69. The van der Waals surface area contributed by atoms with Gasteiger partial charge in [-0.2, -0.15) is 0 Å². The van der Waals surface area contributed by atoms with Crippen molar-refractivity contribution in [2.75, 3.05) is 26.2 Å². The number of halogens is 1. The zero-order valence-corrected chi connectivity index (χ0v) is 37.3. The van der Waals surface area contributed by atoms with Gasteiger partial charge in [0.1, 0.15) is 24.4 Å². The van der Waals surface area contributed by atoms with E-state index in [1.165, 1.54) is 76.2 Å². The SMILES string of the molecule is CCCCCCCCCCCCCCCCC(=O)OC[C@H](CO)OC(=O)CCCCCCCCC(=O)OC1CC[C@](O)(CCl)[C@@H]([C@@]2(C)OC2CC=C(C)C)[C@@H]1OC. The summed E-state index contributed by atoms with van der Waals surface area (Å²) < 4.78 is 28.6. The Labute approximate surface area is 350 Å². The summed E-state index contributed by atoms with van der Waals surface area (Å²) in [4.78, 5) is 37.4. The number of ether oxygens (including phenoxy) is 5. The van der Waals surface area contributed by atoms with E-state index in [1.807, 2.05) is 20.8 Å². The van der Waals surface area contributed by atoms with Gasteiger partial charge >= 0.3 is 17.9 Å². The number of unbranched alkanes of at least 4 members (excludes halogenated alkanes) is 18. The van der Waals surface area contributed by atoms with E-state index < -0.39 is 48.0 Å². The maximum absolute atomic E-state index is 12.9. The Kier molecular flexibility index (Phi) is 26.6. The first-order valence-corrected chi connectivity index (χ1v) is 23.2. The molecule has 0 amide bonds. The molecule has 1 aliphatic carbocycles. The predicted molar refractivity (Wildman–Crippen MR) is 226 cm³/mol. The minimum absolute atomic E-state index is 0.0492. The van der Waals surface area contributed by atoms with Gasteiger partial charge in [-0.25, -0.2) is 0 Å². The van der Waals surface area contributed by atoms with E-state index >= 15 is 0 Å². The standard InChI is InChI=1S/C46H81ClO10/c1-6-7-8-9-10-11-12-13-14-15-16-17-20-23-26-40(49)54-34-37(33-48)55-41(50)27-24-21-18-19-22-25-28-42(51)56-38-31-32-46(52,35-47)44(43(38)53-5)45(4)39(57-45)30-29-36(2)3/h29,37-39,43-44,48,52H,6-28,30-35H2,1-5H3/t37-,38?,39?,43+,44+,45-,46-/m0/s1. The van der Waals surface area contributed by atoms with E-state index in [0.717, 1.165) is 51.4 Å². The molecule has 0 aromatic rings. The number of hydrogen-bond acceptors (Lipinski definition) is 10. The molecule has 2 fully saturated rings. The van der Waals surface area contributed by atoms with Gasteiger partial charge in [0.15, 0.2) is 6.10 Å². The molecule has 10 nitrogen and oxygen atoms in total. The molecule has 1 aliphatic heterocycles. The normalized spacial score (nSPS) is 24.8. The number of hydrogen-bond donors (Lipinski definition) is 2. The van der Waals surface area contributed by atoms with Gasteiger partial charge in [-0.05, 0) is 59.3 Å². The first-order valence-electron chi connectivity index (χ1n) is 22.7. The molecular formula is C46H81ClO10. The number of carbonyl (C=O) groups excluding carboxylic acids is 3. The third-order valence-electron chi connectivity index (χ3n) is 11.9. The van der Waals surface area contributed by atoms with Gasteiger partial charge in [0.25, 0.3) is 0 Å². The molecule has 2 aliphatic rings. The molecule has 0 radical (unpaired) electrons. The lowest BCUT2D eigenvalue weighted by atomic mass is 9.66. The highest BCUT2D eigenvalue weighted by molar-refractivity contribution is 6.18. The number of esters is 3. The van der Waals surface area contributed by atoms with E-state index in [-0.39, 0.29) is 37.0 Å². The van der Waals surface area contributed by atoms with Crippen LogP contribution in [0.4, 0.5) is 0 Å². The van der Waals surface area contributed by atoms with Gasteiger partial charge in [0, 0.05) is 26.4 Å². The quantitative estimate of drug-likeness (QED) is 0.0161. The Morgan fingerprint density at radius 1 is 0.789 bits per heavy atom. The summed E-state index contributed by atoms with van der Waals surface area (Å²) in [5.41, 5.74) is -0.608. The molecule has 2 rings (SSSR count). The first-order chi connectivity index (χ1) is 27.4. The number of epoxide rings is 1. The van der Waals surface area contributed by atoms with Gasteiger partial charge in [0.05, 0.1) is 30.1 Å². The summed E-state index contributed by atoms with van der Waals surface area (Å²) in [6.45, 7) is 7.81. The number of alkyl halides is 1. The van der Waals surface area contributed by atoms with E-state index in [1.54, 1.807) is 7.11 Å². The van der Waals surface area contributed by atoms with Crippen molar-refractivity contribution >= 4 is 29.5 Å². The average molecular weight is 830 g/mol. The Morgan fingerprint density at radius 3 is 1.75 bits per heavy atom. The van der Waals surface area contributed by atoms with Crippen molar-refractivity contribution in [2.24, 2.45) is 5.92 Å². The number of aliphatic hydroxyl groups excluding tert-OH is 1. The average Bonchev–Trinajstić information content (AvgIpc) is 3.86. The van der Waals surface area contributed by atoms with Gasteiger partial charge < -0.3 is 33.9 Å². The molecule has 1 heterocycles. The van der Waals surface area contributed by atoms with Crippen molar-refractivity contribution in [2.45, 2.75) is 230 Å². The molecule has 7 atom stereocenters. The molecule has 0 bridgehead atoms. The maximum atomic E-state index is 12.9. The Hall–Kier alpha value is -1.72. The zero-order valence-electron chi connectivity index (χ0n) is 36.5. The fourth-order valence-electron chi connectivity index (χ4n) is 8.39. The van der Waals surface area contributed by atoms with Crippen LogP contribution in [-0.4, -0.2) is 89.9 Å². The molecule has 0 aromatic carbocycles. The minimum atomic E-state index is -1.18. The topological polar surface area (TPSA) is 141 Å². The molecule has 0 spiro atoms. The van der Waals surface area contributed by atoms with E-state index in [9.17, 15) is 24.6 Å². The van der Waals surface area contributed by atoms with Crippen molar-refractivity contribution in [1.82, 2.24) is 0 Å². The van der Waals surface area contributed by atoms with Gasteiger partial charge in [-0.3, -0.25) is 14.4 Å². The second kappa shape index (κ2) is 29.5. The van der Waals surface area contributed by atoms with Crippen LogP contribution in [0.5, 0.6) is 0 Å². The molecule has 0 aromatic heterocycles. The summed E-state index contributed by atoms with van der Waals surface area (Å²) in [7, 11) is 1.58. The largest absolute Gasteiger partial charge is 0.462 e. The Balaban J connectivity index is 1.51. The number of allylic oxidation sites excluding steroid dienone is 1. The smallest absolute Gasteiger partial charge is 0.306 e. The summed E-state index contributed by atoms with van der Waals surface area (Å²) >= 11 is 6.31. The number of methoxy groups -OCH3 is 1. The van der Waals surface area contributed by atoms with Crippen molar-refractivity contribution in [3.8, 4) is 0 Å². The molecule has 1 saturated heterocycles. The van der Waals surface area contributed by atoms with Gasteiger partial charge in [-0.1, -0.05) is 128 Å². The van der Waals surface area contributed by atoms with Crippen molar-refractivity contribution < 1.29 is 48.3 Å². The minimum Gasteiger partial charge on any atom is -0.462 e. The third kappa shape index (κ3) is 20.4. The van der Waals surface area contributed by atoms with Gasteiger partial charge in [-0.15, -0.1) is 11.6 Å². The van der Waals surface area contributed by atoms with Crippen LogP contribution in [0.2, 0.25) is 0 Å². The van der Waals surface area contributed by atoms with Crippen molar-refractivity contribution in [1.29, 1.82) is 0 Å². The lowest BCUT2D eigenvalue weighted by Crippen LogP contribution is -2.61. The highest BCUT2D eigenvalue weighted by Gasteiger charge is 2.67. The predicted octanol–water partition coefficient (Wildman–Crippen LogP) is 10.2. The van der Waals surface area contributed by atoms with Crippen LogP contribution in [0.3, 0.4) is 0 Å². The molecule has 332 valence electrons. The van der Waals surface area contributed by atoms with Gasteiger partial charge in [0.2, 0.25) is 0 Å². The monoisotopic (exact) mass is 829 g/mol. The summed E-state index contributed by atoms with van der Waals surface area (Å²) in [5.74, 6) is -1.39.